The van der Waals surface area contributed by atoms with E-state index in [9.17, 15) is 0 Å². The van der Waals surface area contributed by atoms with Crippen molar-refractivity contribution in [2.24, 2.45) is 0 Å². The van der Waals surface area contributed by atoms with Gasteiger partial charge in [-0.2, -0.15) is 0 Å². The van der Waals surface area contributed by atoms with Gasteiger partial charge in [-0.1, -0.05) is 115 Å². The fourth-order valence-corrected chi connectivity index (χ4v) is 8.26. The number of fused-ring (bicyclic) bond motifs is 3. The zero-order chi connectivity index (χ0) is 39.1. The number of hydrogen-bond donors (Lipinski definition) is 0. The van der Waals surface area contributed by atoms with Crippen LogP contribution in [0.5, 0.6) is 0 Å². The van der Waals surface area contributed by atoms with Crippen LogP contribution >= 0.6 is 0 Å². The molecule has 276 valence electrons. The van der Waals surface area contributed by atoms with E-state index < -0.39 is 0 Å². The molecule has 0 atom stereocenters. The second-order valence-electron chi connectivity index (χ2n) is 14.5. The fourth-order valence-electron chi connectivity index (χ4n) is 8.26. The van der Waals surface area contributed by atoms with Gasteiger partial charge in [-0.05, 0) is 111 Å². The molecule has 11 aromatic rings. The van der Waals surface area contributed by atoms with Gasteiger partial charge in [-0.15, -0.1) is 0 Å². The van der Waals surface area contributed by atoms with Crippen molar-refractivity contribution >= 4 is 32.6 Å². The maximum absolute atomic E-state index is 5.11. The van der Waals surface area contributed by atoms with Gasteiger partial charge in [0.05, 0.1) is 33.8 Å². The number of para-hydroxylation sites is 3. The maximum Gasteiger partial charge on any atom is 0.145 e. The standard InChI is InChI=1S/C53H34N6/c1-2-12-40(13-3-1)59-50-19-7-6-18-49(50)58-53(59)36-22-20-35(21-23-36)37-24-27-43-44(32-37)52(39-26-29-48(57-34-39)46-17-9-11-31-55-46)42-15-5-4-14-41(42)51(43)38-25-28-47(56-33-38)45-16-8-10-30-54-45/h1-34H. The first-order valence-corrected chi connectivity index (χ1v) is 19.6. The van der Waals surface area contributed by atoms with E-state index in [1.807, 2.05) is 60.9 Å². The smallest absolute Gasteiger partial charge is 0.145 e. The average molecular weight is 755 g/mol. The van der Waals surface area contributed by atoms with E-state index >= 15 is 0 Å². The Hall–Kier alpha value is -8.09. The van der Waals surface area contributed by atoms with Crippen molar-refractivity contribution in [3.05, 3.63) is 207 Å². The molecule has 0 N–H and O–H groups in total. The second kappa shape index (κ2) is 14.4. The summed E-state index contributed by atoms with van der Waals surface area (Å²) in [7, 11) is 0. The van der Waals surface area contributed by atoms with Gasteiger partial charge in [-0.25, -0.2) is 4.98 Å². The lowest BCUT2D eigenvalue weighted by molar-refractivity contribution is 1.10. The quantitative estimate of drug-likeness (QED) is 0.152. The summed E-state index contributed by atoms with van der Waals surface area (Å²) in [5, 5.41) is 4.56. The van der Waals surface area contributed by atoms with Crippen molar-refractivity contribution in [3.8, 4) is 73.2 Å². The molecular formula is C53H34N6. The van der Waals surface area contributed by atoms with Crippen molar-refractivity contribution in [2.45, 2.75) is 0 Å². The summed E-state index contributed by atoms with van der Waals surface area (Å²) < 4.78 is 2.24. The van der Waals surface area contributed by atoms with Gasteiger partial charge in [0.25, 0.3) is 0 Å². The SMILES string of the molecule is c1ccc(-n2c(-c3ccc(-c4ccc5c(-c6ccc(-c7ccccn7)nc6)c6ccccc6c(-c6ccc(-c7ccccn7)nc6)c5c4)cc3)nc3ccccc32)cc1. The molecule has 0 saturated heterocycles. The number of imidazole rings is 1. The summed E-state index contributed by atoms with van der Waals surface area (Å²) >= 11 is 0. The summed E-state index contributed by atoms with van der Waals surface area (Å²) in [6.45, 7) is 0. The summed E-state index contributed by atoms with van der Waals surface area (Å²) in [5.41, 5.74) is 14.1. The first kappa shape index (κ1) is 34.2. The highest BCUT2D eigenvalue weighted by Crippen LogP contribution is 2.45. The molecule has 6 heteroatoms. The zero-order valence-electron chi connectivity index (χ0n) is 31.8. The highest BCUT2D eigenvalue weighted by atomic mass is 15.1. The molecule has 6 nitrogen and oxygen atoms in total. The number of benzene rings is 6. The van der Waals surface area contributed by atoms with Gasteiger partial charge < -0.3 is 0 Å². The van der Waals surface area contributed by atoms with Gasteiger partial charge in [-0.3, -0.25) is 24.5 Å². The zero-order valence-corrected chi connectivity index (χ0v) is 31.8. The number of rotatable bonds is 7. The average Bonchev–Trinajstić information content (AvgIpc) is 3.71. The van der Waals surface area contributed by atoms with E-state index in [2.05, 4.69) is 148 Å². The Bertz CT molecular complexity index is 3270. The third-order valence-corrected chi connectivity index (χ3v) is 11.0. The van der Waals surface area contributed by atoms with E-state index in [1.165, 1.54) is 0 Å². The molecule has 0 amide bonds. The van der Waals surface area contributed by atoms with Crippen LogP contribution in [-0.4, -0.2) is 29.5 Å². The molecule has 59 heavy (non-hydrogen) atoms. The molecule has 5 aromatic heterocycles. The maximum atomic E-state index is 5.11. The Kier molecular flexibility index (Phi) is 8.37. The molecule has 0 radical (unpaired) electrons. The van der Waals surface area contributed by atoms with Crippen molar-refractivity contribution in [3.63, 3.8) is 0 Å². The van der Waals surface area contributed by atoms with Crippen LogP contribution in [0, 0.1) is 0 Å². The Morgan fingerprint density at radius 1 is 0.339 bits per heavy atom. The first-order chi connectivity index (χ1) is 29.3. The highest BCUT2D eigenvalue weighted by molar-refractivity contribution is 6.22. The molecule has 0 fully saturated rings. The van der Waals surface area contributed by atoms with Gasteiger partial charge >= 0.3 is 0 Å². The third-order valence-electron chi connectivity index (χ3n) is 11.0. The first-order valence-electron chi connectivity index (χ1n) is 19.6. The minimum atomic E-state index is 0.834. The molecular weight excluding hydrogens is 721 g/mol. The van der Waals surface area contributed by atoms with Crippen LogP contribution in [0.3, 0.4) is 0 Å². The Balaban J connectivity index is 1.08. The van der Waals surface area contributed by atoms with Crippen LogP contribution in [-0.2, 0) is 0 Å². The second-order valence-corrected chi connectivity index (χ2v) is 14.5. The van der Waals surface area contributed by atoms with Crippen LogP contribution < -0.4 is 0 Å². The van der Waals surface area contributed by atoms with Crippen LogP contribution in [0.25, 0.3) is 106 Å². The predicted molar refractivity (Wildman–Crippen MR) is 240 cm³/mol. The van der Waals surface area contributed by atoms with Crippen molar-refractivity contribution in [1.82, 2.24) is 29.5 Å². The van der Waals surface area contributed by atoms with Crippen molar-refractivity contribution in [2.75, 3.05) is 0 Å². The lowest BCUT2D eigenvalue weighted by Crippen LogP contribution is -1.97. The number of aromatic nitrogens is 6. The van der Waals surface area contributed by atoms with Crippen LogP contribution in [0.2, 0.25) is 0 Å². The fraction of sp³-hybridized carbons (Fsp3) is 0. The Labute approximate surface area is 340 Å². The lowest BCUT2D eigenvalue weighted by atomic mass is 9.85. The molecule has 0 aliphatic heterocycles. The van der Waals surface area contributed by atoms with Gasteiger partial charge in [0.1, 0.15) is 5.82 Å². The van der Waals surface area contributed by atoms with Crippen molar-refractivity contribution in [1.29, 1.82) is 0 Å². The number of hydrogen-bond acceptors (Lipinski definition) is 5. The topological polar surface area (TPSA) is 69.4 Å². The molecule has 6 aromatic carbocycles. The van der Waals surface area contributed by atoms with Crippen molar-refractivity contribution < 1.29 is 0 Å². The van der Waals surface area contributed by atoms with Crippen LogP contribution in [0.15, 0.2) is 207 Å². The molecule has 0 saturated carbocycles. The number of pyridine rings is 4. The normalized spacial score (nSPS) is 11.4. The minimum Gasteiger partial charge on any atom is -0.292 e. The molecule has 0 spiro atoms. The highest BCUT2D eigenvalue weighted by Gasteiger charge is 2.19. The number of nitrogens with zero attached hydrogens (tertiary/aromatic N) is 6. The van der Waals surface area contributed by atoms with Gasteiger partial charge in [0.15, 0.2) is 0 Å². The Morgan fingerprint density at radius 3 is 1.46 bits per heavy atom. The Morgan fingerprint density at radius 2 is 0.847 bits per heavy atom. The van der Waals surface area contributed by atoms with E-state index in [1.54, 1.807) is 12.4 Å². The summed E-state index contributed by atoms with van der Waals surface area (Å²) in [4.78, 5) is 24.0. The van der Waals surface area contributed by atoms with Crippen LogP contribution in [0.4, 0.5) is 0 Å². The summed E-state index contributed by atoms with van der Waals surface area (Å²) in [5.74, 6) is 0.908. The minimum absolute atomic E-state index is 0.834. The lowest BCUT2D eigenvalue weighted by Gasteiger charge is -2.19. The molecule has 5 heterocycles. The van der Waals surface area contributed by atoms with Crippen LogP contribution in [0.1, 0.15) is 0 Å². The van der Waals surface area contributed by atoms with E-state index in [-0.39, 0.29) is 0 Å². The van der Waals surface area contributed by atoms with E-state index in [4.69, 9.17) is 15.0 Å². The third kappa shape index (κ3) is 6.11. The molecule has 0 aliphatic rings. The van der Waals surface area contributed by atoms with Gasteiger partial charge in [0.2, 0.25) is 0 Å². The van der Waals surface area contributed by atoms with Gasteiger partial charge in [0, 0.05) is 47.2 Å². The van der Waals surface area contributed by atoms with E-state index in [0.29, 0.717) is 0 Å². The van der Waals surface area contributed by atoms with E-state index in [0.717, 1.165) is 106 Å². The molecule has 11 rings (SSSR count). The molecule has 0 bridgehead atoms. The molecule has 0 unspecified atom stereocenters. The monoisotopic (exact) mass is 754 g/mol. The summed E-state index contributed by atoms with van der Waals surface area (Å²) in [6, 6.07) is 63.3. The predicted octanol–water partition coefficient (Wildman–Crippen LogP) is 12.9. The largest absolute Gasteiger partial charge is 0.292 e. The summed E-state index contributed by atoms with van der Waals surface area (Å²) in [6.07, 6.45) is 7.56. The molecule has 0 aliphatic carbocycles.